The third-order valence-electron chi connectivity index (χ3n) is 8.89. The highest BCUT2D eigenvalue weighted by Gasteiger charge is 2.42. The first-order chi connectivity index (χ1) is 20.6. The predicted molar refractivity (Wildman–Crippen MR) is 194 cm³/mol. The third kappa shape index (κ3) is 7.43. The molecule has 0 aliphatic carbocycles. The molecule has 234 valence electrons. The smallest absolute Gasteiger partial charge is 0.213 e. The van der Waals surface area contributed by atoms with E-state index in [0.717, 1.165) is 48.6 Å². The molecule has 2 atom stereocenters. The van der Waals surface area contributed by atoms with Gasteiger partial charge in [-0.05, 0) is 67.9 Å². The lowest BCUT2D eigenvalue weighted by atomic mass is 9.77. The number of hydrogen-bond acceptors (Lipinski definition) is 3. The molecule has 0 amide bonds. The predicted octanol–water partition coefficient (Wildman–Crippen LogP) is 9.11. The third-order valence-corrected chi connectivity index (χ3v) is 11.0. The number of aromatic nitrogens is 2. The summed E-state index contributed by atoms with van der Waals surface area (Å²) in [5.74, 6) is 1.24. The van der Waals surface area contributed by atoms with Gasteiger partial charge >= 0.3 is 0 Å². The largest absolute Gasteiger partial charge is 0.385 e. The van der Waals surface area contributed by atoms with Gasteiger partial charge in [-0.2, -0.15) is 4.57 Å². The molecule has 44 heavy (non-hydrogen) atoms. The molecule has 2 unspecified atom stereocenters. The Balaban J connectivity index is 1.90. The van der Waals surface area contributed by atoms with Crippen molar-refractivity contribution in [1.29, 1.82) is 0 Å². The zero-order valence-electron chi connectivity index (χ0n) is 29.0. The number of benzene rings is 1. The summed E-state index contributed by atoms with van der Waals surface area (Å²) in [7, 11) is 2.41. The van der Waals surface area contributed by atoms with E-state index in [-0.39, 0.29) is 11.5 Å². The lowest BCUT2D eigenvalue weighted by Crippen LogP contribution is -2.54. The topological polar surface area (TPSA) is 32.0 Å². The van der Waals surface area contributed by atoms with E-state index in [1.807, 2.05) is 14.0 Å². The van der Waals surface area contributed by atoms with Gasteiger partial charge in [0.2, 0.25) is 5.69 Å². The fraction of sp³-hybridized carbons (Fsp3) is 0.436. The molecule has 1 aliphatic heterocycles. The lowest BCUT2D eigenvalue weighted by molar-refractivity contribution is -0.717. The minimum atomic E-state index is -1.66. The first kappa shape index (κ1) is 33.4. The number of anilines is 2. The van der Waals surface area contributed by atoms with Gasteiger partial charge in [0, 0.05) is 48.2 Å². The van der Waals surface area contributed by atoms with Gasteiger partial charge in [-0.3, -0.25) is 0 Å². The average molecular weight is 608 g/mol. The highest BCUT2D eigenvalue weighted by Crippen LogP contribution is 2.44. The Labute approximate surface area is 268 Å². The second kappa shape index (κ2) is 13.3. The summed E-state index contributed by atoms with van der Waals surface area (Å²) in [6, 6.07) is 16.0. The molecular weight excluding hydrogens is 553 g/mol. The molecule has 1 aliphatic rings. The van der Waals surface area contributed by atoms with Gasteiger partial charge in [-0.15, -0.1) is 0 Å². The van der Waals surface area contributed by atoms with Gasteiger partial charge in [0.1, 0.15) is 0 Å². The van der Waals surface area contributed by atoms with Gasteiger partial charge < -0.3 is 10.2 Å². The summed E-state index contributed by atoms with van der Waals surface area (Å²) in [4.78, 5) is 7.09. The number of allylic oxidation sites excluding steroid dienone is 4. The van der Waals surface area contributed by atoms with E-state index in [4.69, 9.17) is 4.98 Å². The van der Waals surface area contributed by atoms with Crippen molar-refractivity contribution < 1.29 is 4.57 Å². The summed E-state index contributed by atoms with van der Waals surface area (Å²) in [5, 5.41) is 4.90. The Morgan fingerprint density at radius 3 is 2.45 bits per heavy atom. The fourth-order valence-electron chi connectivity index (χ4n) is 6.72. The van der Waals surface area contributed by atoms with E-state index in [1.54, 1.807) is 5.19 Å². The number of rotatable bonds is 11. The van der Waals surface area contributed by atoms with Crippen LogP contribution in [0.25, 0.3) is 11.3 Å². The van der Waals surface area contributed by atoms with E-state index in [1.165, 1.54) is 28.0 Å². The Bertz CT molecular complexity index is 1550. The van der Waals surface area contributed by atoms with Crippen LogP contribution in [-0.2, 0) is 6.42 Å². The van der Waals surface area contributed by atoms with Crippen molar-refractivity contribution in [2.45, 2.75) is 91.9 Å². The van der Waals surface area contributed by atoms with Crippen LogP contribution in [-0.4, -0.2) is 27.2 Å². The van der Waals surface area contributed by atoms with Crippen molar-refractivity contribution in [3.63, 3.8) is 0 Å². The lowest BCUT2D eigenvalue weighted by Gasteiger charge is -2.35. The Morgan fingerprint density at radius 2 is 1.82 bits per heavy atom. The van der Waals surface area contributed by atoms with Crippen LogP contribution < -0.4 is 20.0 Å². The Hall–Kier alpha value is -3.44. The monoisotopic (exact) mass is 607 g/mol. The maximum atomic E-state index is 4.91. The van der Waals surface area contributed by atoms with Crippen LogP contribution in [0.1, 0.15) is 75.7 Å². The zero-order valence-corrected chi connectivity index (χ0v) is 30.0. The molecule has 0 saturated carbocycles. The summed E-state index contributed by atoms with van der Waals surface area (Å²) in [6.45, 7) is 27.7. The molecule has 4 rings (SSSR count). The van der Waals surface area contributed by atoms with Gasteiger partial charge in [-0.25, -0.2) is 4.98 Å². The molecular formula is C39H55N4Si+. The molecule has 4 nitrogen and oxygen atoms in total. The first-order valence-electron chi connectivity index (χ1n) is 16.2. The van der Waals surface area contributed by atoms with Crippen molar-refractivity contribution >= 4 is 24.8 Å². The fourth-order valence-corrected chi connectivity index (χ4v) is 8.37. The summed E-state index contributed by atoms with van der Waals surface area (Å²) in [6.07, 6.45) is 10.7. The number of aryl methyl sites for hydroxylation is 1. The standard InChI is InChI=1S/C39H55N4Si/c1-13-16-27(2)19-21-33-31-17-14-15-18-32(31)36-24-30(25-39(5,6)7)37(44(10,11)12)26-43(36)35(33)23-29(4)42(9)38-34(40-8)22-20-28(3)41-38/h13-18,20,22,24,26,33,35,40H,2,4,19,21,23,25H2,1,3,5-12H3/q+1/b16-13-. The first-order valence-corrected chi connectivity index (χ1v) is 19.7. The summed E-state index contributed by atoms with van der Waals surface area (Å²) in [5.41, 5.74) is 10.1. The molecule has 0 radical (unpaired) electrons. The van der Waals surface area contributed by atoms with Gasteiger partial charge in [0.15, 0.2) is 18.1 Å². The number of fused-ring (bicyclic) bond motifs is 3. The van der Waals surface area contributed by atoms with Gasteiger partial charge in [-0.1, -0.05) is 89.5 Å². The van der Waals surface area contributed by atoms with Crippen molar-refractivity contribution in [2.24, 2.45) is 5.41 Å². The van der Waals surface area contributed by atoms with E-state index in [0.29, 0.717) is 5.92 Å². The van der Waals surface area contributed by atoms with Crippen molar-refractivity contribution in [3.8, 4) is 11.3 Å². The molecule has 0 saturated heterocycles. The molecule has 5 heteroatoms. The SMILES string of the molecule is C=C(/C=C\C)CCC1c2ccccc2-c2cc(CC(C)(C)C)c([Si](C)(C)C)c[n+]2C1CC(=C)N(C)c1nc(C)ccc1NC. The highest BCUT2D eigenvalue weighted by atomic mass is 28.3. The molecule has 0 fully saturated rings. The van der Waals surface area contributed by atoms with Crippen molar-refractivity contribution in [1.82, 2.24) is 4.98 Å². The number of nitrogens with zero attached hydrogens (tertiary/aromatic N) is 3. The molecule has 3 heterocycles. The van der Waals surface area contributed by atoms with Gasteiger partial charge in [0.05, 0.1) is 20.2 Å². The van der Waals surface area contributed by atoms with Crippen LogP contribution >= 0.6 is 0 Å². The molecule has 2 aromatic heterocycles. The van der Waals surface area contributed by atoms with Crippen LogP contribution in [0.2, 0.25) is 19.6 Å². The number of hydrogen-bond donors (Lipinski definition) is 1. The van der Waals surface area contributed by atoms with Crippen LogP contribution in [0.15, 0.2) is 85.2 Å². The number of pyridine rings is 2. The second-order valence-corrected chi connectivity index (χ2v) is 19.9. The highest BCUT2D eigenvalue weighted by molar-refractivity contribution is 6.89. The maximum absolute atomic E-state index is 4.91. The number of nitrogens with one attached hydrogen (secondary N) is 1. The Morgan fingerprint density at radius 1 is 1.11 bits per heavy atom. The minimum absolute atomic E-state index is 0.208. The molecule has 0 bridgehead atoms. The van der Waals surface area contributed by atoms with Crippen LogP contribution in [0, 0.1) is 12.3 Å². The van der Waals surface area contributed by atoms with Crippen LogP contribution in [0.3, 0.4) is 0 Å². The van der Waals surface area contributed by atoms with E-state index in [9.17, 15) is 0 Å². The quantitative estimate of drug-likeness (QED) is 0.134. The van der Waals surface area contributed by atoms with E-state index >= 15 is 0 Å². The zero-order chi connectivity index (χ0) is 32.4. The minimum Gasteiger partial charge on any atom is -0.385 e. The molecule has 0 spiro atoms. The van der Waals surface area contributed by atoms with E-state index < -0.39 is 8.07 Å². The Kier molecular flexibility index (Phi) is 10.1. The van der Waals surface area contributed by atoms with Crippen LogP contribution in [0.4, 0.5) is 11.5 Å². The molecule has 1 aromatic carbocycles. The van der Waals surface area contributed by atoms with Crippen molar-refractivity contribution in [2.75, 3.05) is 24.3 Å². The maximum Gasteiger partial charge on any atom is 0.213 e. The summed E-state index contributed by atoms with van der Waals surface area (Å²) >= 11 is 0. The molecule has 3 aromatic rings. The molecule has 1 N–H and O–H groups in total. The van der Waals surface area contributed by atoms with Crippen molar-refractivity contribution in [3.05, 3.63) is 102 Å². The van der Waals surface area contributed by atoms with Crippen LogP contribution in [0.5, 0.6) is 0 Å². The van der Waals surface area contributed by atoms with E-state index in [2.05, 4.69) is 143 Å². The summed E-state index contributed by atoms with van der Waals surface area (Å²) < 4.78 is 2.63. The second-order valence-electron chi connectivity index (χ2n) is 14.9. The van der Waals surface area contributed by atoms with Gasteiger partial charge in [0.25, 0.3) is 0 Å². The average Bonchev–Trinajstić information content (AvgIpc) is 2.94. The normalized spacial score (nSPS) is 16.4.